The highest BCUT2D eigenvalue weighted by atomic mass is 19.3. The standard InChI is InChI=1S/C10H10F2O/c1-7(13)9-4-2-3-8(5-9)6-10(11)12/h2-5,10H,6H2,1H3. The van der Waals surface area contributed by atoms with E-state index in [1.165, 1.54) is 13.0 Å². The molecule has 0 fully saturated rings. The summed E-state index contributed by atoms with van der Waals surface area (Å²) in [4.78, 5) is 10.9. The van der Waals surface area contributed by atoms with Crippen LogP contribution in [0, 0.1) is 0 Å². The van der Waals surface area contributed by atoms with Crippen LogP contribution in [0.5, 0.6) is 0 Å². The van der Waals surface area contributed by atoms with Gasteiger partial charge >= 0.3 is 0 Å². The fraction of sp³-hybridized carbons (Fsp3) is 0.300. The van der Waals surface area contributed by atoms with Crippen LogP contribution in [0.4, 0.5) is 8.78 Å². The molecule has 0 radical (unpaired) electrons. The lowest BCUT2D eigenvalue weighted by molar-refractivity contribution is 0.101. The second-order valence-electron chi connectivity index (χ2n) is 2.85. The van der Waals surface area contributed by atoms with Crippen LogP contribution in [0.1, 0.15) is 22.8 Å². The van der Waals surface area contributed by atoms with Crippen molar-refractivity contribution in [1.29, 1.82) is 0 Å². The SMILES string of the molecule is CC(=O)c1cccc(CC(F)F)c1. The normalized spacial score (nSPS) is 10.5. The summed E-state index contributed by atoms with van der Waals surface area (Å²) in [5, 5.41) is 0. The molecule has 0 aliphatic heterocycles. The molecule has 1 nitrogen and oxygen atoms in total. The number of hydrogen-bond donors (Lipinski definition) is 0. The Bertz CT molecular complexity index is 308. The number of halogens is 2. The Morgan fingerprint density at radius 1 is 1.46 bits per heavy atom. The van der Waals surface area contributed by atoms with E-state index >= 15 is 0 Å². The third-order valence-corrected chi connectivity index (χ3v) is 1.72. The molecule has 0 N–H and O–H groups in total. The van der Waals surface area contributed by atoms with Gasteiger partial charge in [-0.3, -0.25) is 4.79 Å². The zero-order valence-corrected chi connectivity index (χ0v) is 7.26. The first-order valence-electron chi connectivity index (χ1n) is 3.97. The summed E-state index contributed by atoms with van der Waals surface area (Å²) in [6.07, 6.45) is -2.65. The third kappa shape index (κ3) is 2.93. The van der Waals surface area contributed by atoms with Crippen LogP contribution in [0.3, 0.4) is 0 Å². The maximum absolute atomic E-state index is 12.0. The molecule has 0 bridgehead atoms. The van der Waals surface area contributed by atoms with Gasteiger partial charge in [0.25, 0.3) is 0 Å². The number of benzene rings is 1. The highest BCUT2D eigenvalue weighted by Gasteiger charge is 2.06. The molecule has 1 aromatic carbocycles. The minimum absolute atomic E-state index is 0.101. The highest BCUT2D eigenvalue weighted by molar-refractivity contribution is 5.94. The molecule has 0 atom stereocenters. The average Bonchev–Trinajstić information content (AvgIpc) is 2.03. The number of carbonyl (C=O) groups is 1. The van der Waals surface area contributed by atoms with Crippen molar-refractivity contribution in [3.8, 4) is 0 Å². The summed E-state index contributed by atoms with van der Waals surface area (Å²) in [5.74, 6) is -0.101. The van der Waals surface area contributed by atoms with Crippen molar-refractivity contribution in [2.75, 3.05) is 0 Å². The minimum Gasteiger partial charge on any atom is -0.295 e. The number of rotatable bonds is 3. The average molecular weight is 184 g/mol. The van der Waals surface area contributed by atoms with E-state index in [4.69, 9.17) is 0 Å². The zero-order valence-electron chi connectivity index (χ0n) is 7.26. The lowest BCUT2D eigenvalue weighted by Gasteiger charge is -2.01. The van der Waals surface area contributed by atoms with Crippen molar-refractivity contribution in [3.63, 3.8) is 0 Å². The van der Waals surface area contributed by atoms with Crippen molar-refractivity contribution in [2.24, 2.45) is 0 Å². The predicted octanol–water partition coefficient (Wildman–Crippen LogP) is 2.70. The van der Waals surface area contributed by atoms with Crippen LogP contribution >= 0.6 is 0 Å². The van der Waals surface area contributed by atoms with E-state index in [0.29, 0.717) is 11.1 Å². The number of alkyl halides is 2. The monoisotopic (exact) mass is 184 g/mol. The van der Waals surface area contributed by atoms with E-state index in [1.807, 2.05) is 0 Å². The van der Waals surface area contributed by atoms with Crippen molar-refractivity contribution in [1.82, 2.24) is 0 Å². The maximum atomic E-state index is 12.0. The highest BCUT2D eigenvalue weighted by Crippen LogP contribution is 2.10. The van der Waals surface area contributed by atoms with Gasteiger partial charge < -0.3 is 0 Å². The molecule has 0 aliphatic carbocycles. The van der Waals surface area contributed by atoms with Gasteiger partial charge in [-0.1, -0.05) is 18.2 Å². The molecule has 0 saturated carbocycles. The third-order valence-electron chi connectivity index (χ3n) is 1.72. The van der Waals surface area contributed by atoms with Crippen LogP contribution in [-0.4, -0.2) is 12.2 Å². The molecule has 0 aromatic heterocycles. The molecule has 0 saturated heterocycles. The summed E-state index contributed by atoms with van der Waals surface area (Å²) >= 11 is 0. The van der Waals surface area contributed by atoms with Crippen LogP contribution < -0.4 is 0 Å². The second-order valence-corrected chi connectivity index (χ2v) is 2.85. The molecule has 13 heavy (non-hydrogen) atoms. The first-order chi connectivity index (χ1) is 6.09. The van der Waals surface area contributed by atoms with Crippen molar-refractivity contribution in [3.05, 3.63) is 35.4 Å². The molecule has 1 aromatic rings. The number of hydrogen-bond acceptors (Lipinski definition) is 1. The number of ketones is 1. The minimum atomic E-state index is -2.36. The van der Waals surface area contributed by atoms with Gasteiger partial charge in [0.05, 0.1) is 0 Å². The van der Waals surface area contributed by atoms with E-state index < -0.39 is 6.43 Å². The van der Waals surface area contributed by atoms with Gasteiger partial charge in [0.15, 0.2) is 5.78 Å². The van der Waals surface area contributed by atoms with Gasteiger partial charge in [0.1, 0.15) is 0 Å². The maximum Gasteiger partial charge on any atom is 0.242 e. The lowest BCUT2D eigenvalue weighted by atomic mass is 10.1. The van der Waals surface area contributed by atoms with Gasteiger partial charge in [0.2, 0.25) is 6.43 Å². The van der Waals surface area contributed by atoms with E-state index in [0.717, 1.165) is 0 Å². The number of carbonyl (C=O) groups excluding carboxylic acids is 1. The summed E-state index contributed by atoms with van der Waals surface area (Å²) < 4.78 is 23.9. The van der Waals surface area contributed by atoms with Crippen LogP contribution in [0.2, 0.25) is 0 Å². The second kappa shape index (κ2) is 4.12. The topological polar surface area (TPSA) is 17.1 Å². The predicted molar refractivity (Wildman–Crippen MR) is 46.2 cm³/mol. The molecule has 0 aliphatic rings. The van der Waals surface area contributed by atoms with E-state index in [1.54, 1.807) is 18.2 Å². The molecule has 0 unspecified atom stereocenters. The Hall–Kier alpha value is -1.25. The summed E-state index contributed by atoms with van der Waals surface area (Å²) in [6, 6.07) is 6.35. The van der Waals surface area contributed by atoms with Crippen molar-refractivity contribution in [2.45, 2.75) is 19.8 Å². The van der Waals surface area contributed by atoms with Gasteiger partial charge in [-0.05, 0) is 18.6 Å². The first-order valence-corrected chi connectivity index (χ1v) is 3.97. The van der Waals surface area contributed by atoms with E-state index in [9.17, 15) is 13.6 Å². The Morgan fingerprint density at radius 2 is 2.15 bits per heavy atom. The quantitative estimate of drug-likeness (QED) is 0.660. The van der Waals surface area contributed by atoms with E-state index in [-0.39, 0.29) is 12.2 Å². The Labute approximate surface area is 75.4 Å². The molecule has 1 rings (SSSR count). The molecule has 0 spiro atoms. The van der Waals surface area contributed by atoms with Crippen LogP contribution in [0.15, 0.2) is 24.3 Å². The Morgan fingerprint density at radius 3 is 2.69 bits per heavy atom. The molecule has 0 heterocycles. The van der Waals surface area contributed by atoms with Gasteiger partial charge in [-0.15, -0.1) is 0 Å². The number of Topliss-reactive ketones (excluding diaryl/α,β-unsaturated/α-hetero) is 1. The van der Waals surface area contributed by atoms with Crippen LogP contribution in [-0.2, 0) is 6.42 Å². The molecule has 3 heteroatoms. The largest absolute Gasteiger partial charge is 0.295 e. The van der Waals surface area contributed by atoms with Gasteiger partial charge in [-0.25, -0.2) is 8.78 Å². The van der Waals surface area contributed by atoms with Crippen molar-refractivity contribution < 1.29 is 13.6 Å². The first kappa shape index (κ1) is 9.84. The Kier molecular flexibility index (Phi) is 3.12. The van der Waals surface area contributed by atoms with Gasteiger partial charge in [0, 0.05) is 12.0 Å². The molecular formula is C10H10F2O. The summed E-state index contributed by atoms with van der Waals surface area (Å²) in [7, 11) is 0. The zero-order chi connectivity index (χ0) is 9.84. The fourth-order valence-electron chi connectivity index (χ4n) is 1.10. The summed E-state index contributed by atoms with van der Waals surface area (Å²) in [5.41, 5.74) is 0.987. The smallest absolute Gasteiger partial charge is 0.242 e. The molecule has 70 valence electrons. The van der Waals surface area contributed by atoms with E-state index in [2.05, 4.69) is 0 Å². The molecular weight excluding hydrogens is 174 g/mol. The molecule has 0 amide bonds. The lowest BCUT2D eigenvalue weighted by Crippen LogP contribution is -1.99. The Balaban J connectivity index is 2.85. The van der Waals surface area contributed by atoms with Gasteiger partial charge in [-0.2, -0.15) is 0 Å². The summed E-state index contributed by atoms with van der Waals surface area (Å²) in [6.45, 7) is 1.42. The van der Waals surface area contributed by atoms with Crippen LogP contribution in [0.25, 0.3) is 0 Å². The van der Waals surface area contributed by atoms with Crippen molar-refractivity contribution >= 4 is 5.78 Å². The fourth-order valence-corrected chi connectivity index (χ4v) is 1.10.